The SMILES string of the molecule is Cc1cc(S(N)(=O)=O)cc(NC(=O)CCNS(=O)(=O)c2ccc3c(c2)OCCCO3)c1C. The first-order valence-corrected chi connectivity index (χ1v) is 12.8. The number of rotatable bonds is 7. The Bertz CT molecular complexity index is 1240. The Kier molecular flexibility index (Phi) is 7.08. The van der Waals surface area contributed by atoms with Crippen molar-refractivity contribution in [3.63, 3.8) is 0 Å². The number of ether oxygens (including phenoxy) is 2. The van der Waals surface area contributed by atoms with Gasteiger partial charge in [0.2, 0.25) is 26.0 Å². The number of anilines is 1. The van der Waals surface area contributed by atoms with Gasteiger partial charge in [0.05, 0.1) is 23.0 Å². The molecule has 0 atom stereocenters. The summed E-state index contributed by atoms with van der Waals surface area (Å²) in [5, 5.41) is 7.78. The maximum atomic E-state index is 12.6. The van der Waals surface area contributed by atoms with Gasteiger partial charge in [0.15, 0.2) is 11.5 Å². The van der Waals surface area contributed by atoms with E-state index in [1.54, 1.807) is 13.8 Å². The highest BCUT2D eigenvalue weighted by atomic mass is 32.2. The van der Waals surface area contributed by atoms with Gasteiger partial charge in [-0.3, -0.25) is 4.79 Å². The second-order valence-electron chi connectivity index (χ2n) is 7.31. The van der Waals surface area contributed by atoms with E-state index in [0.717, 1.165) is 0 Å². The molecule has 0 saturated carbocycles. The van der Waals surface area contributed by atoms with Gasteiger partial charge >= 0.3 is 0 Å². The molecule has 32 heavy (non-hydrogen) atoms. The van der Waals surface area contributed by atoms with Crippen LogP contribution in [0.15, 0.2) is 40.1 Å². The largest absolute Gasteiger partial charge is 0.490 e. The number of hydrogen-bond donors (Lipinski definition) is 3. The van der Waals surface area contributed by atoms with E-state index in [-0.39, 0.29) is 22.8 Å². The molecule has 0 radical (unpaired) electrons. The van der Waals surface area contributed by atoms with Gasteiger partial charge in [-0.25, -0.2) is 26.7 Å². The van der Waals surface area contributed by atoms with Gasteiger partial charge in [0.1, 0.15) is 0 Å². The molecule has 1 aliphatic rings. The monoisotopic (exact) mass is 483 g/mol. The summed E-state index contributed by atoms with van der Waals surface area (Å²) in [6.07, 6.45) is 0.533. The topological polar surface area (TPSA) is 154 Å². The lowest BCUT2D eigenvalue weighted by atomic mass is 10.1. The van der Waals surface area contributed by atoms with Crippen LogP contribution in [0.3, 0.4) is 0 Å². The van der Waals surface area contributed by atoms with Crippen molar-refractivity contribution < 1.29 is 31.1 Å². The molecule has 0 saturated heterocycles. The molecule has 0 aliphatic carbocycles. The van der Waals surface area contributed by atoms with Crippen LogP contribution in [-0.2, 0) is 24.8 Å². The third kappa shape index (κ3) is 5.76. The number of hydrogen-bond acceptors (Lipinski definition) is 7. The van der Waals surface area contributed by atoms with Crippen LogP contribution < -0.4 is 24.7 Å². The second kappa shape index (κ2) is 9.45. The van der Waals surface area contributed by atoms with Gasteiger partial charge in [-0.2, -0.15) is 0 Å². The molecule has 0 aromatic heterocycles. The number of amides is 1. The van der Waals surface area contributed by atoms with Crippen molar-refractivity contribution in [1.82, 2.24) is 4.72 Å². The molecule has 1 aliphatic heterocycles. The fourth-order valence-electron chi connectivity index (χ4n) is 3.03. The van der Waals surface area contributed by atoms with E-state index in [4.69, 9.17) is 14.6 Å². The van der Waals surface area contributed by atoms with E-state index >= 15 is 0 Å². The molecule has 0 spiro atoms. The van der Waals surface area contributed by atoms with E-state index in [2.05, 4.69) is 10.0 Å². The van der Waals surface area contributed by atoms with Crippen molar-refractivity contribution in [2.75, 3.05) is 25.1 Å². The number of fused-ring (bicyclic) bond motifs is 1. The van der Waals surface area contributed by atoms with E-state index in [1.165, 1.54) is 30.3 Å². The van der Waals surface area contributed by atoms with Crippen molar-refractivity contribution in [1.29, 1.82) is 0 Å². The third-order valence-electron chi connectivity index (χ3n) is 4.92. The van der Waals surface area contributed by atoms with Crippen LogP contribution in [-0.4, -0.2) is 42.5 Å². The maximum absolute atomic E-state index is 12.6. The Labute approximate surface area is 187 Å². The predicted molar refractivity (Wildman–Crippen MR) is 118 cm³/mol. The summed E-state index contributed by atoms with van der Waals surface area (Å²) >= 11 is 0. The standard InChI is InChI=1S/C20H25N3O7S2/c1-13-10-16(31(21,25)26)11-17(14(13)2)23-20(24)6-7-22-32(27,28)15-4-5-18-19(12-15)30-9-3-8-29-18/h4-5,10-12,22H,3,6-9H2,1-2H3,(H,23,24)(H2,21,25,26). The molecule has 0 bridgehead atoms. The van der Waals surface area contributed by atoms with Gasteiger partial charge in [0, 0.05) is 31.1 Å². The Balaban J connectivity index is 1.64. The quantitative estimate of drug-likeness (QED) is 0.538. The Morgan fingerprint density at radius 2 is 1.69 bits per heavy atom. The minimum absolute atomic E-state index is 0.00511. The van der Waals surface area contributed by atoms with E-state index in [1.807, 2.05) is 0 Å². The van der Waals surface area contributed by atoms with E-state index in [9.17, 15) is 21.6 Å². The first-order valence-electron chi connectivity index (χ1n) is 9.80. The summed E-state index contributed by atoms with van der Waals surface area (Å²) in [7, 11) is -7.81. The molecule has 10 nitrogen and oxygen atoms in total. The molecule has 2 aromatic carbocycles. The first-order chi connectivity index (χ1) is 15.0. The number of aryl methyl sites for hydroxylation is 1. The third-order valence-corrected chi connectivity index (χ3v) is 7.27. The van der Waals surface area contributed by atoms with Crippen molar-refractivity contribution >= 4 is 31.6 Å². The zero-order chi connectivity index (χ0) is 23.5. The Morgan fingerprint density at radius 1 is 1.00 bits per heavy atom. The normalized spacial score (nSPS) is 14.0. The number of benzene rings is 2. The summed E-state index contributed by atoms with van der Waals surface area (Å²) in [5.74, 6) is 0.345. The molecule has 4 N–H and O–H groups in total. The molecule has 3 rings (SSSR count). The maximum Gasteiger partial charge on any atom is 0.240 e. The van der Waals surface area contributed by atoms with Gasteiger partial charge in [-0.15, -0.1) is 0 Å². The molecule has 0 fully saturated rings. The van der Waals surface area contributed by atoms with Crippen molar-refractivity contribution in [2.24, 2.45) is 5.14 Å². The number of nitrogens with two attached hydrogens (primary N) is 1. The molecule has 174 valence electrons. The predicted octanol–water partition coefficient (Wildman–Crippen LogP) is 1.42. The highest BCUT2D eigenvalue weighted by Gasteiger charge is 2.19. The summed E-state index contributed by atoms with van der Waals surface area (Å²) < 4.78 is 61.8. The molecular formula is C20H25N3O7S2. The molecule has 1 heterocycles. The molecule has 2 aromatic rings. The molecule has 12 heteroatoms. The lowest BCUT2D eigenvalue weighted by Gasteiger charge is -2.13. The van der Waals surface area contributed by atoms with Crippen LogP contribution >= 0.6 is 0 Å². The number of nitrogens with one attached hydrogen (secondary N) is 2. The minimum Gasteiger partial charge on any atom is -0.490 e. The first kappa shape index (κ1) is 24.0. The summed E-state index contributed by atoms with van der Waals surface area (Å²) in [5.41, 5.74) is 1.62. The van der Waals surface area contributed by atoms with Crippen LogP contribution in [0.2, 0.25) is 0 Å². The summed E-state index contributed by atoms with van der Waals surface area (Å²) in [6, 6.07) is 7.02. The smallest absolute Gasteiger partial charge is 0.240 e. The van der Waals surface area contributed by atoms with Crippen LogP contribution in [0.4, 0.5) is 5.69 Å². The van der Waals surface area contributed by atoms with Gasteiger partial charge in [-0.1, -0.05) is 0 Å². The molecule has 0 unspecified atom stereocenters. The van der Waals surface area contributed by atoms with Crippen molar-refractivity contribution in [3.8, 4) is 11.5 Å². The van der Waals surface area contributed by atoms with Crippen molar-refractivity contribution in [3.05, 3.63) is 41.5 Å². The average Bonchev–Trinajstić information content (AvgIpc) is 2.95. The summed E-state index contributed by atoms with van der Waals surface area (Å²) in [4.78, 5) is 12.2. The van der Waals surface area contributed by atoms with E-state index < -0.39 is 26.0 Å². The number of primary sulfonamides is 1. The Hall–Kier alpha value is -2.67. The van der Waals surface area contributed by atoms with Crippen LogP contribution in [0.5, 0.6) is 11.5 Å². The highest BCUT2D eigenvalue weighted by Crippen LogP contribution is 2.31. The summed E-state index contributed by atoms with van der Waals surface area (Å²) in [6.45, 7) is 4.19. The van der Waals surface area contributed by atoms with E-state index in [0.29, 0.717) is 47.9 Å². The zero-order valence-electron chi connectivity index (χ0n) is 17.7. The van der Waals surface area contributed by atoms with Gasteiger partial charge in [0.25, 0.3) is 0 Å². The fraction of sp³-hybridized carbons (Fsp3) is 0.350. The molecular weight excluding hydrogens is 458 g/mol. The zero-order valence-corrected chi connectivity index (χ0v) is 19.3. The van der Waals surface area contributed by atoms with Crippen molar-refractivity contribution in [2.45, 2.75) is 36.5 Å². The minimum atomic E-state index is -3.94. The average molecular weight is 484 g/mol. The number of sulfonamides is 2. The van der Waals surface area contributed by atoms with Crippen LogP contribution in [0, 0.1) is 13.8 Å². The lowest BCUT2D eigenvalue weighted by molar-refractivity contribution is -0.116. The van der Waals surface area contributed by atoms with Gasteiger partial charge < -0.3 is 14.8 Å². The second-order valence-corrected chi connectivity index (χ2v) is 10.6. The molecule has 1 amide bonds. The lowest BCUT2D eigenvalue weighted by Crippen LogP contribution is -2.28. The number of carbonyl (C=O) groups is 1. The van der Waals surface area contributed by atoms with Gasteiger partial charge in [-0.05, 0) is 49.2 Å². The highest BCUT2D eigenvalue weighted by molar-refractivity contribution is 7.89. The Morgan fingerprint density at radius 3 is 2.38 bits per heavy atom. The van der Waals surface area contributed by atoms with Crippen LogP contribution in [0.25, 0.3) is 0 Å². The fourth-order valence-corrected chi connectivity index (χ4v) is 4.70. The van der Waals surface area contributed by atoms with Crippen LogP contribution in [0.1, 0.15) is 24.0 Å². The number of carbonyl (C=O) groups excluding carboxylic acids is 1.